The summed E-state index contributed by atoms with van der Waals surface area (Å²) in [6.07, 6.45) is 1.45. The van der Waals surface area contributed by atoms with Gasteiger partial charge in [-0.15, -0.1) is 0 Å². The van der Waals surface area contributed by atoms with E-state index in [-0.39, 0.29) is 56.6 Å². The number of carboxylic acids is 1. The maximum absolute atomic E-state index is 12.1. The lowest BCUT2D eigenvalue weighted by Crippen LogP contribution is -2.34. The third-order valence-corrected chi connectivity index (χ3v) is 6.48. The first-order valence-electron chi connectivity index (χ1n) is 11.7. The molecule has 2 atom stereocenters. The van der Waals surface area contributed by atoms with Gasteiger partial charge in [0.25, 0.3) is 0 Å². The molecule has 0 aliphatic heterocycles. The molecule has 0 spiro atoms. The number of aliphatic carboxylic acids is 1. The molecule has 2 aromatic rings. The Morgan fingerprint density at radius 3 is 2.26 bits per heavy atom. The molecule has 8 heteroatoms. The number of benzene rings is 2. The average Bonchev–Trinajstić information content (AvgIpc) is 3.43. The first-order valence-corrected chi connectivity index (χ1v) is 11.7. The number of ether oxygens (including phenoxy) is 2. The summed E-state index contributed by atoms with van der Waals surface area (Å²) in [5.74, 6) is -1.31. The van der Waals surface area contributed by atoms with Crippen LogP contribution < -0.4 is 10.6 Å². The third kappa shape index (κ3) is 5.75. The zero-order chi connectivity index (χ0) is 23.9. The van der Waals surface area contributed by atoms with Crippen LogP contribution in [0.5, 0.6) is 0 Å². The maximum Gasteiger partial charge on any atom is 0.407 e. The number of carbonyl (C=O) groups is 3. The van der Waals surface area contributed by atoms with E-state index < -0.39 is 12.1 Å². The lowest BCUT2D eigenvalue weighted by atomic mass is 9.98. The molecular formula is C26H30N2O6. The van der Waals surface area contributed by atoms with Crippen LogP contribution in [0.1, 0.15) is 42.7 Å². The van der Waals surface area contributed by atoms with Crippen LogP contribution in [0.4, 0.5) is 4.79 Å². The van der Waals surface area contributed by atoms with Crippen molar-refractivity contribution in [1.29, 1.82) is 0 Å². The number of rotatable bonds is 10. The van der Waals surface area contributed by atoms with Crippen LogP contribution in [0.25, 0.3) is 11.1 Å². The number of carbonyl (C=O) groups excluding carboxylic acids is 2. The number of carboxylic acid groups (broad SMARTS) is 1. The molecule has 2 aliphatic rings. The van der Waals surface area contributed by atoms with Gasteiger partial charge in [0.15, 0.2) is 0 Å². The highest BCUT2D eigenvalue weighted by Gasteiger charge is 2.30. The predicted molar refractivity (Wildman–Crippen MR) is 125 cm³/mol. The molecule has 3 N–H and O–H groups in total. The standard InChI is InChI=1S/C26H30N2O6/c29-24(28-18-10-9-17(15-18)25(30)31)11-13-33-14-12-27-26(32)34-16-23-21-7-3-1-5-19(21)20-6-2-4-8-22(20)23/h1-8,17-18,23H,9-16H2,(H,27,32)(H,28,29)(H,30,31)/t17-,18+/m0/s1. The number of hydrogen-bond donors (Lipinski definition) is 3. The summed E-state index contributed by atoms with van der Waals surface area (Å²) in [5.41, 5.74) is 4.68. The van der Waals surface area contributed by atoms with Crippen molar-refractivity contribution in [3.63, 3.8) is 0 Å². The highest BCUT2D eigenvalue weighted by atomic mass is 16.5. The van der Waals surface area contributed by atoms with Crippen LogP contribution >= 0.6 is 0 Å². The first kappa shape index (κ1) is 23.8. The van der Waals surface area contributed by atoms with Gasteiger partial charge in [-0.3, -0.25) is 9.59 Å². The molecule has 0 aromatic heterocycles. The summed E-state index contributed by atoms with van der Waals surface area (Å²) < 4.78 is 10.9. The Morgan fingerprint density at radius 1 is 0.941 bits per heavy atom. The third-order valence-electron chi connectivity index (χ3n) is 6.48. The lowest BCUT2D eigenvalue weighted by molar-refractivity contribution is -0.141. The SMILES string of the molecule is O=C(CCOCCNC(=O)OCC1c2ccccc2-c2ccccc21)N[C@@H]1CC[C@H](C(=O)O)C1. The van der Waals surface area contributed by atoms with Crippen LogP contribution in [0.2, 0.25) is 0 Å². The Kier molecular flexibility index (Phi) is 7.80. The predicted octanol–water partition coefficient (Wildman–Crippen LogP) is 3.30. The summed E-state index contributed by atoms with van der Waals surface area (Å²) in [6.45, 7) is 1.03. The second-order valence-corrected chi connectivity index (χ2v) is 8.73. The summed E-state index contributed by atoms with van der Waals surface area (Å²) >= 11 is 0. The number of alkyl carbamates (subject to hydrolysis) is 1. The quantitative estimate of drug-likeness (QED) is 0.463. The molecule has 0 radical (unpaired) electrons. The zero-order valence-electron chi connectivity index (χ0n) is 19.0. The largest absolute Gasteiger partial charge is 0.481 e. The van der Waals surface area contributed by atoms with Gasteiger partial charge in [0.1, 0.15) is 6.61 Å². The summed E-state index contributed by atoms with van der Waals surface area (Å²) in [7, 11) is 0. The van der Waals surface area contributed by atoms with Crippen molar-refractivity contribution in [2.45, 2.75) is 37.6 Å². The van der Waals surface area contributed by atoms with Gasteiger partial charge in [0.05, 0.1) is 19.1 Å². The Balaban J connectivity index is 1.10. The zero-order valence-corrected chi connectivity index (χ0v) is 19.0. The molecule has 2 aromatic carbocycles. The van der Waals surface area contributed by atoms with E-state index in [2.05, 4.69) is 34.9 Å². The topological polar surface area (TPSA) is 114 Å². The van der Waals surface area contributed by atoms with E-state index in [9.17, 15) is 14.4 Å². The molecule has 180 valence electrons. The van der Waals surface area contributed by atoms with Crippen LogP contribution in [0.15, 0.2) is 48.5 Å². The molecule has 2 aliphatic carbocycles. The molecule has 0 heterocycles. The fourth-order valence-electron chi connectivity index (χ4n) is 4.78. The molecule has 0 bridgehead atoms. The lowest BCUT2D eigenvalue weighted by Gasteiger charge is -2.15. The first-order chi connectivity index (χ1) is 16.5. The van der Waals surface area contributed by atoms with E-state index in [4.69, 9.17) is 14.6 Å². The van der Waals surface area contributed by atoms with E-state index in [1.54, 1.807) is 0 Å². The minimum Gasteiger partial charge on any atom is -0.481 e. The van der Waals surface area contributed by atoms with Gasteiger partial charge in [-0.25, -0.2) is 4.79 Å². The van der Waals surface area contributed by atoms with Gasteiger partial charge < -0.3 is 25.2 Å². The van der Waals surface area contributed by atoms with E-state index in [1.807, 2.05) is 24.3 Å². The Labute approximate surface area is 198 Å². The minimum absolute atomic E-state index is 0.0126. The van der Waals surface area contributed by atoms with E-state index >= 15 is 0 Å². The van der Waals surface area contributed by atoms with Crippen molar-refractivity contribution >= 4 is 18.0 Å². The molecule has 2 amide bonds. The smallest absolute Gasteiger partial charge is 0.407 e. The monoisotopic (exact) mass is 466 g/mol. The van der Waals surface area contributed by atoms with Gasteiger partial charge in [-0.2, -0.15) is 0 Å². The number of hydrogen-bond acceptors (Lipinski definition) is 5. The van der Waals surface area contributed by atoms with Crippen molar-refractivity contribution in [3.05, 3.63) is 59.7 Å². The molecule has 34 heavy (non-hydrogen) atoms. The second kappa shape index (κ2) is 11.2. The van der Waals surface area contributed by atoms with Crippen LogP contribution in [-0.4, -0.2) is 55.5 Å². The Bertz CT molecular complexity index is 994. The summed E-state index contributed by atoms with van der Waals surface area (Å²) in [6, 6.07) is 16.3. The number of amides is 2. The highest BCUT2D eigenvalue weighted by molar-refractivity contribution is 5.79. The summed E-state index contributed by atoms with van der Waals surface area (Å²) in [4.78, 5) is 35.1. The van der Waals surface area contributed by atoms with E-state index in [0.717, 1.165) is 11.1 Å². The van der Waals surface area contributed by atoms with Crippen LogP contribution in [-0.2, 0) is 19.1 Å². The van der Waals surface area contributed by atoms with Crippen molar-refractivity contribution in [1.82, 2.24) is 10.6 Å². The van der Waals surface area contributed by atoms with Crippen LogP contribution in [0.3, 0.4) is 0 Å². The van der Waals surface area contributed by atoms with E-state index in [1.165, 1.54) is 11.1 Å². The molecular weight excluding hydrogens is 436 g/mol. The molecule has 0 unspecified atom stereocenters. The number of fused-ring (bicyclic) bond motifs is 3. The fraction of sp³-hybridized carbons (Fsp3) is 0.423. The van der Waals surface area contributed by atoms with Crippen molar-refractivity contribution < 1.29 is 29.0 Å². The highest BCUT2D eigenvalue weighted by Crippen LogP contribution is 2.44. The fourth-order valence-corrected chi connectivity index (χ4v) is 4.78. The number of nitrogens with one attached hydrogen (secondary N) is 2. The van der Waals surface area contributed by atoms with Crippen LogP contribution in [0, 0.1) is 5.92 Å². The van der Waals surface area contributed by atoms with Crippen molar-refractivity contribution in [2.24, 2.45) is 5.92 Å². The van der Waals surface area contributed by atoms with Gasteiger partial charge in [-0.05, 0) is 41.5 Å². The average molecular weight is 467 g/mol. The second-order valence-electron chi connectivity index (χ2n) is 8.73. The van der Waals surface area contributed by atoms with Gasteiger partial charge in [0.2, 0.25) is 5.91 Å². The normalized spacial score (nSPS) is 18.7. The van der Waals surface area contributed by atoms with Crippen molar-refractivity contribution in [3.8, 4) is 11.1 Å². The molecule has 0 saturated heterocycles. The maximum atomic E-state index is 12.1. The van der Waals surface area contributed by atoms with E-state index in [0.29, 0.717) is 19.3 Å². The van der Waals surface area contributed by atoms with Gasteiger partial charge in [0, 0.05) is 24.9 Å². The Morgan fingerprint density at radius 2 is 1.62 bits per heavy atom. The van der Waals surface area contributed by atoms with Gasteiger partial charge in [-0.1, -0.05) is 48.5 Å². The molecule has 1 saturated carbocycles. The minimum atomic E-state index is -0.802. The summed E-state index contributed by atoms with van der Waals surface area (Å²) in [5, 5.41) is 14.6. The molecule has 4 rings (SSSR count). The van der Waals surface area contributed by atoms with Gasteiger partial charge >= 0.3 is 12.1 Å². The molecule has 8 nitrogen and oxygen atoms in total. The molecule has 1 fully saturated rings. The Hall–Kier alpha value is -3.39. The van der Waals surface area contributed by atoms with Crippen molar-refractivity contribution in [2.75, 3.05) is 26.4 Å².